The van der Waals surface area contributed by atoms with Gasteiger partial charge in [0.05, 0.1) is 0 Å². The van der Waals surface area contributed by atoms with E-state index in [1.807, 2.05) is 0 Å². The lowest BCUT2D eigenvalue weighted by Gasteiger charge is -2.40. The van der Waals surface area contributed by atoms with Gasteiger partial charge in [-0.05, 0) is 44.1 Å². The van der Waals surface area contributed by atoms with Crippen molar-refractivity contribution in [3.63, 3.8) is 0 Å². The van der Waals surface area contributed by atoms with Crippen molar-refractivity contribution in [3.8, 4) is 0 Å². The molecule has 3 aliphatic rings. The van der Waals surface area contributed by atoms with Gasteiger partial charge in [0.1, 0.15) is 0 Å². The highest BCUT2D eigenvalue weighted by Crippen LogP contribution is 2.30. The first-order valence-corrected chi connectivity index (χ1v) is 7.77. The van der Waals surface area contributed by atoms with Crippen LogP contribution in [0.5, 0.6) is 0 Å². The molecular formula is C15H28N2. The summed E-state index contributed by atoms with van der Waals surface area (Å²) in [5, 5.41) is 0. The van der Waals surface area contributed by atoms with E-state index in [2.05, 4.69) is 16.7 Å². The second-order valence-corrected chi connectivity index (χ2v) is 6.73. The molecule has 2 saturated heterocycles. The molecule has 0 bridgehead atoms. The van der Waals surface area contributed by atoms with Gasteiger partial charge in [0.25, 0.3) is 0 Å². The SMILES string of the molecule is CC1CCCC(CN2CCN3CCCC3C2)C1. The highest BCUT2D eigenvalue weighted by molar-refractivity contribution is 4.87. The summed E-state index contributed by atoms with van der Waals surface area (Å²) in [6.07, 6.45) is 8.85. The van der Waals surface area contributed by atoms with E-state index >= 15 is 0 Å². The van der Waals surface area contributed by atoms with Gasteiger partial charge in [-0.15, -0.1) is 0 Å². The molecule has 0 aromatic rings. The minimum absolute atomic E-state index is 0.907. The molecule has 0 spiro atoms. The van der Waals surface area contributed by atoms with E-state index in [4.69, 9.17) is 0 Å². The maximum absolute atomic E-state index is 2.77. The molecule has 98 valence electrons. The molecule has 2 heteroatoms. The van der Waals surface area contributed by atoms with Crippen LogP contribution in [0.4, 0.5) is 0 Å². The highest BCUT2D eigenvalue weighted by Gasteiger charge is 2.31. The van der Waals surface area contributed by atoms with Crippen molar-refractivity contribution < 1.29 is 0 Å². The Morgan fingerprint density at radius 1 is 1.00 bits per heavy atom. The number of hydrogen-bond donors (Lipinski definition) is 0. The van der Waals surface area contributed by atoms with Gasteiger partial charge in [-0.3, -0.25) is 4.90 Å². The third kappa shape index (κ3) is 2.85. The van der Waals surface area contributed by atoms with E-state index in [1.165, 1.54) is 71.2 Å². The topological polar surface area (TPSA) is 6.48 Å². The zero-order chi connectivity index (χ0) is 11.7. The van der Waals surface area contributed by atoms with Gasteiger partial charge in [-0.1, -0.05) is 19.8 Å². The molecule has 2 heterocycles. The summed E-state index contributed by atoms with van der Waals surface area (Å²) in [5.41, 5.74) is 0. The number of hydrogen-bond acceptors (Lipinski definition) is 2. The van der Waals surface area contributed by atoms with Crippen molar-refractivity contribution in [3.05, 3.63) is 0 Å². The molecule has 1 aliphatic carbocycles. The molecule has 0 aromatic heterocycles. The van der Waals surface area contributed by atoms with Crippen LogP contribution in [0.2, 0.25) is 0 Å². The average molecular weight is 236 g/mol. The van der Waals surface area contributed by atoms with Crippen LogP contribution in [0.25, 0.3) is 0 Å². The van der Waals surface area contributed by atoms with Crippen molar-refractivity contribution in [2.75, 3.05) is 32.7 Å². The number of nitrogens with zero attached hydrogens (tertiary/aromatic N) is 2. The first-order chi connectivity index (χ1) is 8.31. The van der Waals surface area contributed by atoms with E-state index < -0.39 is 0 Å². The van der Waals surface area contributed by atoms with Gasteiger partial charge in [0, 0.05) is 32.2 Å². The van der Waals surface area contributed by atoms with Crippen molar-refractivity contribution in [2.24, 2.45) is 11.8 Å². The Morgan fingerprint density at radius 2 is 1.94 bits per heavy atom. The molecule has 3 rings (SSSR count). The van der Waals surface area contributed by atoms with Gasteiger partial charge in [0.2, 0.25) is 0 Å². The fourth-order valence-electron chi connectivity index (χ4n) is 4.31. The third-order valence-corrected chi connectivity index (χ3v) is 5.23. The van der Waals surface area contributed by atoms with Crippen molar-refractivity contribution in [1.82, 2.24) is 9.80 Å². The molecule has 3 fully saturated rings. The number of fused-ring (bicyclic) bond motifs is 1. The highest BCUT2D eigenvalue weighted by atomic mass is 15.3. The Balaban J connectivity index is 1.48. The van der Waals surface area contributed by atoms with Crippen LogP contribution in [-0.2, 0) is 0 Å². The summed E-state index contributed by atoms with van der Waals surface area (Å²) in [6.45, 7) is 9.26. The summed E-state index contributed by atoms with van der Waals surface area (Å²) < 4.78 is 0. The predicted molar refractivity (Wildman–Crippen MR) is 72.2 cm³/mol. The first kappa shape index (κ1) is 12.0. The molecule has 17 heavy (non-hydrogen) atoms. The summed E-state index contributed by atoms with van der Waals surface area (Å²) in [5.74, 6) is 1.99. The fourth-order valence-corrected chi connectivity index (χ4v) is 4.31. The lowest BCUT2D eigenvalue weighted by atomic mass is 9.82. The Kier molecular flexibility index (Phi) is 3.72. The van der Waals surface area contributed by atoms with Crippen molar-refractivity contribution >= 4 is 0 Å². The summed E-state index contributed by atoms with van der Waals surface area (Å²) >= 11 is 0. The molecular weight excluding hydrogens is 208 g/mol. The number of rotatable bonds is 2. The largest absolute Gasteiger partial charge is 0.300 e. The van der Waals surface area contributed by atoms with Crippen LogP contribution in [-0.4, -0.2) is 48.6 Å². The molecule has 0 amide bonds. The van der Waals surface area contributed by atoms with E-state index in [9.17, 15) is 0 Å². The smallest absolute Gasteiger partial charge is 0.0224 e. The second-order valence-electron chi connectivity index (χ2n) is 6.73. The van der Waals surface area contributed by atoms with Crippen LogP contribution in [0.1, 0.15) is 45.4 Å². The normalized spacial score (nSPS) is 40.4. The molecule has 1 saturated carbocycles. The minimum atomic E-state index is 0.907. The molecule has 2 aliphatic heterocycles. The maximum Gasteiger partial charge on any atom is 0.0224 e. The molecule has 0 aromatic carbocycles. The standard InChI is InChI=1S/C15H28N2/c1-13-4-2-5-14(10-13)11-16-8-9-17-7-3-6-15(17)12-16/h13-15H,2-12H2,1H3. The lowest BCUT2D eigenvalue weighted by Crippen LogP contribution is -2.51. The minimum Gasteiger partial charge on any atom is -0.300 e. The van der Waals surface area contributed by atoms with E-state index in [1.54, 1.807) is 0 Å². The molecule has 2 nitrogen and oxygen atoms in total. The van der Waals surface area contributed by atoms with Crippen LogP contribution in [0, 0.1) is 11.8 Å². The van der Waals surface area contributed by atoms with Crippen molar-refractivity contribution in [1.29, 1.82) is 0 Å². The summed E-state index contributed by atoms with van der Waals surface area (Å²) in [7, 11) is 0. The molecule has 0 N–H and O–H groups in total. The van der Waals surface area contributed by atoms with E-state index in [0.717, 1.165) is 17.9 Å². The van der Waals surface area contributed by atoms with Crippen LogP contribution >= 0.6 is 0 Å². The zero-order valence-corrected chi connectivity index (χ0v) is 11.4. The number of piperazine rings is 1. The molecule has 0 radical (unpaired) electrons. The molecule has 3 atom stereocenters. The lowest BCUT2D eigenvalue weighted by molar-refractivity contribution is 0.0813. The van der Waals surface area contributed by atoms with Crippen molar-refractivity contribution in [2.45, 2.75) is 51.5 Å². The Labute approximate surface area is 106 Å². The van der Waals surface area contributed by atoms with Crippen LogP contribution in [0.3, 0.4) is 0 Å². The van der Waals surface area contributed by atoms with Gasteiger partial charge < -0.3 is 4.90 Å². The van der Waals surface area contributed by atoms with Gasteiger partial charge in [-0.2, -0.15) is 0 Å². The summed E-state index contributed by atoms with van der Waals surface area (Å²) in [4.78, 5) is 5.50. The van der Waals surface area contributed by atoms with Gasteiger partial charge in [0.15, 0.2) is 0 Å². The van der Waals surface area contributed by atoms with Gasteiger partial charge in [-0.25, -0.2) is 0 Å². The molecule has 3 unspecified atom stereocenters. The summed E-state index contributed by atoms with van der Waals surface area (Å²) in [6, 6.07) is 0.907. The van der Waals surface area contributed by atoms with E-state index in [0.29, 0.717) is 0 Å². The van der Waals surface area contributed by atoms with E-state index in [-0.39, 0.29) is 0 Å². The van der Waals surface area contributed by atoms with Gasteiger partial charge >= 0.3 is 0 Å². The monoisotopic (exact) mass is 236 g/mol. The zero-order valence-electron chi connectivity index (χ0n) is 11.4. The maximum atomic E-state index is 2.77. The average Bonchev–Trinajstić information content (AvgIpc) is 2.76. The van der Waals surface area contributed by atoms with Crippen LogP contribution in [0.15, 0.2) is 0 Å². The quantitative estimate of drug-likeness (QED) is 0.727. The fraction of sp³-hybridized carbons (Fsp3) is 1.00. The Morgan fingerprint density at radius 3 is 2.82 bits per heavy atom. The Hall–Kier alpha value is -0.0800. The first-order valence-electron chi connectivity index (χ1n) is 7.77. The van der Waals surface area contributed by atoms with Crippen LogP contribution < -0.4 is 0 Å². The second kappa shape index (κ2) is 5.27. The Bertz CT molecular complexity index is 253. The predicted octanol–water partition coefficient (Wildman–Crippen LogP) is 2.59. The third-order valence-electron chi connectivity index (χ3n) is 5.23.